The van der Waals surface area contributed by atoms with Crippen molar-refractivity contribution in [3.63, 3.8) is 0 Å². The standard InChI is InChI=1S/C14H29NO3/c1-5-6-8-13(14(16)17-4)15-9-7-10-18-11-12(2)3/h12-13,15H,5-11H2,1-4H3. The number of nitrogens with one attached hydrogen (secondary N) is 1. The first kappa shape index (κ1) is 17.4. The lowest BCUT2D eigenvalue weighted by molar-refractivity contribution is -0.143. The zero-order chi connectivity index (χ0) is 13.8. The molecule has 0 bridgehead atoms. The van der Waals surface area contributed by atoms with Crippen molar-refractivity contribution in [3.05, 3.63) is 0 Å². The Morgan fingerprint density at radius 1 is 1.28 bits per heavy atom. The van der Waals surface area contributed by atoms with Crippen LogP contribution in [-0.4, -0.2) is 38.9 Å². The van der Waals surface area contributed by atoms with Gasteiger partial charge in [-0.25, -0.2) is 0 Å². The van der Waals surface area contributed by atoms with E-state index in [1.165, 1.54) is 7.11 Å². The summed E-state index contributed by atoms with van der Waals surface area (Å²) in [6.07, 6.45) is 3.89. The maximum Gasteiger partial charge on any atom is 0.322 e. The van der Waals surface area contributed by atoms with E-state index in [4.69, 9.17) is 9.47 Å². The summed E-state index contributed by atoms with van der Waals surface area (Å²) in [5.41, 5.74) is 0. The molecule has 0 spiro atoms. The molecule has 0 aliphatic rings. The normalized spacial score (nSPS) is 12.7. The van der Waals surface area contributed by atoms with Gasteiger partial charge in [0, 0.05) is 13.2 Å². The predicted octanol–water partition coefficient (Wildman–Crippen LogP) is 2.37. The van der Waals surface area contributed by atoms with Gasteiger partial charge in [-0.3, -0.25) is 4.79 Å². The first-order valence-electron chi connectivity index (χ1n) is 7.00. The van der Waals surface area contributed by atoms with E-state index in [0.717, 1.165) is 45.4 Å². The Balaban J connectivity index is 3.65. The summed E-state index contributed by atoms with van der Waals surface area (Å²) in [6, 6.07) is -0.167. The number of methoxy groups -OCH3 is 1. The Bertz CT molecular complexity index is 207. The molecule has 0 aliphatic carbocycles. The molecule has 0 aliphatic heterocycles. The van der Waals surface area contributed by atoms with Crippen molar-refractivity contribution in [3.8, 4) is 0 Å². The lowest BCUT2D eigenvalue weighted by Gasteiger charge is -2.16. The first-order chi connectivity index (χ1) is 8.61. The van der Waals surface area contributed by atoms with Gasteiger partial charge in [0.15, 0.2) is 0 Å². The highest BCUT2D eigenvalue weighted by molar-refractivity contribution is 5.75. The van der Waals surface area contributed by atoms with Gasteiger partial charge in [0.05, 0.1) is 7.11 Å². The summed E-state index contributed by atoms with van der Waals surface area (Å²) in [5.74, 6) is 0.414. The van der Waals surface area contributed by atoms with Crippen LogP contribution in [-0.2, 0) is 14.3 Å². The Morgan fingerprint density at radius 3 is 2.56 bits per heavy atom. The number of ether oxygens (including phenoxy) is 2. The van der Waals surface area contributed by atoms with Crippen LogP contribution in [0.2, 0.25) is 0 Å². The van der Waals surface area contributed by atoms with Crippen molar-refractivity contribution in [1.82, 2.24) is 5.32 Å². The quantitative estimate of drug-likeness (QED) is 0.457. The molecule has 0 fully saturated rings. The third-order valence-corrected chi connectivity index (χ3v) is 2.64. The second-order valence-electron chi connectivity index (χ2n) is 4.99. The second kappa shape index (κ2) is 11.5. The SMILES string of the molecule is CCCCC(NCCCOCC(C)C)C(=O)OC. The van der Waals surface area contributed by atoms with E-state index in [1.54, 1.807) is 0 Å². The topological polar surface area (TPSA) is 47.6 Å². The maximum absolute atomic E-state index is 11.5. The molecule has 1 N–H and O–H groups in total. The lowest BCUT2D eigenvalue weighted by atomic mass is 10.1. The van der Waals surface area contributed by atoms with Crippen LogP contribution in [0.15, 0.2) is 0 Å². The summed E-state index contributed by atoms with van der Waals surface area (Å²) in [6.45, 7) is 8.73. The van der Waals surface area contributed by atoms with Crippen LogP contribution in [0.25, 0.3) is 0 Å². The average molecular weight is 259 g/mol. The van der Waals surface area contributed by atoms with Crippen molar-refractivity contribution < 1.29 is 14.3 Å². The van der Waals surface area contributed by atoms with E-state index >= 15 is 0 Å². The van der Waals surface area contributed by atoms with E-state index in [1.807, 2.05) is 0 Å². The van der Waals surface area contributed by atoms with Crippen LogP contribution in [0, 0.1) is 5.92 Å². The Morgan fingerprint density at radius 2 is 2.00 bits per heavy atom. The molecule has 0 aromatic rings. The summed E-state index contributed by atoms with van der Waals surface area (Å²) >= 11 is 0. The number of esters is 1. The molecule has 4 nitrogen and oxygen atoms in total. The smallest absolute Gasteiger partial charge is 0.322 e. The molecular weight excluding hydrogens is 230 g/mol. The van der Waals surface area contributed by atoms with Crippen LogP contribution in [0.4, 0.5) is 0 Å². The van der Waals surface area contributed by atoms with E-state index < -0.39 is 0 Å². The largest absolute Gasteiger partial charge is 0.468 e. The first-order valence-corrected chi connectivity index (χ1v) is 7.00. The number of hydrogen-bond donors (Lipinski definition) is 1. The van der Waals surface area contributed by atoms with Crippen LogP contribution in [0.3, 0.4) is 0 Å². The Labute approximate surface area is 111 Å². The fraction of sp³-hybridized carbons (Fsp3) is 0.929. The van der Waals surface area contributed by atoms with Gasteiger partial charge in [0.2, 0.25) is 0 Å². The summed E-state index contributed by atoms with van der Waals surface area (Å²) in [4.78, 5) is 11.5. The molecule has 0 amide bonds. The molecule has 0 aromatic carbocycles. The van der Waals surface area contributed by atoms with Gasteiger partial charge in [-0.15, -0.1) is 0 Å². The third kappa shape index (κ3) is 9.42. The van der Waals surface area contributed by atoms with Gasteiger partial charge >= 0.3 is 5.97 Å². The minimum Gasteiger partial charge on any atom is -0.468 e. The minimum atomic E-state index is -0.167. The van der Waals surface area contributed by atoms with Crippen molar-refractivity contribution in [2.45, 2.75) is 52.5 Å². The fourth-order valence-electron chi connectivity index (χ4n) is 1.62. The number of rotatable bonds is 11. The molecule has 1 unspecified atom stereocenters. The molecular formula is C14H29NO3. The molecule has 18 heavy (non-hydrogen) atoms. The van der Waals surface area contributed by atoms with E-state index in [2.05, 4.69) is 26.1 Å². The molecule has 0 saturated carbocycles. The third-order valence-electron chi connectivity index (χ3n) is 2.64. The highest BCUT2D eigenvalue weighted by Gasteiger charge is 2.16. The molecule has 108 valence electrons. The Hall–Kier alpha value is -0.610. The number of unbranched alkanes of at least 4 members (excludes halogenated alkanes) is 1. The molecule has 0 heterocycles. The van der Waals surface area contributed by atoms with E-state index in [0.29, 0.717) is 5.92 Å². The molecule has 0 saturated heterocycles. The van der Waals surface area contributed by atoms with Crippen molar-refractivity contribution in [2.24, 2.45) is 5.92 Å². The van der Waals surface area contributed by atoms with Crippen LogP contribution < -0.4 is 5.32 Å². The molecule has 1 atom stereocenters. The van der Waals surface area contributed by atoms with E-state index in [-0.39, 0.29) is 12.0 Å². The van der Waals surface area contributed by atoms with Crippen molar-refractivity contribution >= 4 is 5.97 Å². The van der Waals surface area contributed by atoms with Crippen LogP contribution in [0.1, 0.15) is 46.5 Å². The maximum atomic E-state index is 11.5. The highest BCUT2D eigenvalue weighted by atomic mass is 16.5. The number of carbonyl (C=O) groups is 1. The van der Waals surface area contributed by atoms with Gasteiger partial charge < -0.3 is 14.8 Å². The molecule has 4 heteroatoms. The number of carbonyl (C=O) groups excluding carboxylic acids is 1. The fourth-order valence-corrected chi connectivity index (χ4v) is 1.62. The Kier molecular flexibility index (Phi) is 11.1. The monoisotopic (exact) mass is 259 g/mol. The van der Waals surface area contributed by atoms with Crippen molar-refractivity contribution in [1.29, 1.82) is 0 Å². The van der Waals surface area contributed by atoms with Gasteiger partial charge in [-0.05, 0) is 25.3 Å². The van der Waals surface area contributed by atoms with Gasteiger partial charge in [-0.2, -0.15) is 0 Å². The van der Waals surface area contributed by atoms with E-state index in [9.17, 15) is 4.79 Å². The van der Waals surface area contributed by atoms with Crippen LogP contribution >= 0.6 is 0 Å². The highest BCUT2D eigenvalue weighted by Crippen LogP contribution is 2.02. The minimum absolute atomic E-state index is 0.161. The molecule has 0 aromatic heterocycles. The predicted molar refractivity (Wildman–Crippen MR) is 73.6 cm³/mol. The van der Waals surface area contributed by atoms with Gasteiger partial charge in [0.1, 0.15) is 6.04 Å². The lowest BCUT2D eigenvalue weighted by Crippen LogP contribution is -2.38. The summed E-state index contributed by atoms with van der Waals surface area (Å²) in [5, 5.41) is 3.24. The zero-order valence-corrected chi connectivity index (χ0v) is 12.3. The van der Waals surface area contributed by atoms with Gasteiger partial charge in [-0.1, -0.05) is 33.6 Å². The average Bonchev–Trinajstić information content (AvgIpc) is 2.35. The zero-order valence-electron chi connectivity index (χ0n) is 12.3. The second-order valence-corrected chi connectivity index (χ2v) is 4.99. The van der Waals surface area contributed by atoms with Crippen LogP contribution in [0.5, 0.6) is 0 Å². The summed E-state index contributed by atoms with van der Waals surface area (Å²) < 4.78 is 10.3. The molecule has 0 radical (unpaired) electrons. The molecule has 0 rings (SSSR count). The van der Waals surface area contributed by atoms with Gasteiger partial charge in [0.25, 0.3) is 0 Å². The number of hydrogen-bond acceptors (Lipinski definition) is 4. The van der Waals surface area contributed by atoms with Crippen molar-refractivity contribution in [2.75, 3.05) is 26.9 Å². The summed E-state index contributed by atoms with van der Waals surface area (Å²) in [7, 11) is 1.44.